The molecule has 1 aliphatic rings. The van der Waals surface area contributed by atoms with Gasteiger partial charge in [-0.2, -0.15) is 0 Å². The van der Waals surface area contributed by atoms with Crippen molar-refractivity contribution < 1.29 is 9.90 Å². The minimum atomic E-state index is -0.836. The van der Waals surface area contributed by atoms with Crippen molar-refractivity contribution in [1.29, 1.82) is 0 Å². The van der Waals surface area contributed by atoms with Crippen LogP contribution in [0.4, 0.5) is 0 Å². The van der Waals surface area contributed by atoms with Crippen molar-refractivity contribution in [3.05, 3.63) is 10.4 Å². The van der Waals surface area contributed by atoms with Gasteiger partial charge >= 0.3 is 5.97 Å². The topological polar surface area (TPSA) is 98.1 Å². The number of carboxylic acid groups (broad SMARTS) is 1. The van der Waals surface area contributed by atoms with Crippen molar-refractivity contribution in [1.82, 2.24) is 5.32 Å². The van der Waals surface area contributed by atoms with Crippen LogP contribution in [0.3, 0.4) is 0 Å². The largest absolute Gasteiger partial charge is 0.480 e. The number of azide groups is 1. The van der Waals surface area contributed by atoms with Crippen molar-refractivity contribution in [2.24, 2.45) is 16.4 Å². The van der Waals surface area contributed by atoms with E-state index in [1.807, 2.05) is 0 Å². The van der Waals surface area contributed by atoms with Crippen molar-refractivity contribution in [2.45, 2.75) is 52.0 Å². The third-order valence-corrected chi connectivity index (χ3v) is 3.75. The van der Waals surface area contributed by atoms with E-state index in [-0.39, 0.29) is 5.41 Å². The molecule has 0 saturated heterocycles. The maximum absolute atomic E-state index is 11.7. The summed E-state index contributed by atoms with van der Waals surface area (Å²) in [6.45, 7) is 7.33. The van der Waals surface area contributed by atoms with E-state index in [1.54, 1.807) is 0 Å². The molecule has 0 amide bonds. The van der Waals surface area contributed by atoms with Gasteiger partial charge in [0, 0.05) is 11.5 Å². The van der Waals surface area contributed by atoms with Crippen LogP contribution >= 0.6 is 0 Å². The van der Waals surface area contributed by atoms with Gasteiger partial charge in [-0.05, 0) is 49.1 Å². The second kappa shape index (κ2) is 6.26. The molecule has 19 heavy (non-hydrogen) atoms. The Morgan fingerprint density at radius 2 is 2.21 bits per heavy atom. The lowest BCUT2D eigenvalue weighted by molar-refractivity contribution is -0.149. The summed E-state index contributed by atoms with van der Waals surface area (Å²) in [4.78, 5) is 14.4. The van der Waals surface area contributed by atoms with E-state index in [4.69, 9.17) is 5.53 Å². The average Bonchev–Trinajstić information content (AvgIpc) is 2.25. The van der Waals surface area contributed by atoms with Crippen LogP contribution in [0.2, 0.25) is 0 Å². The average molecular weight is 268 g/mol. The zero-order valence-electron chi connectivity index (χ0n) is 12.0. The van der Waals surface area contributed by atoms with Crippen LogP contribution in [-0.2, 0) is 4.79 Å². The van der Waals surface area contributed by atoms with E-state index >= 15 is 0 Å². The Morgan fingerprint density at radius 3 is 2.74 bits per heavy atom. The van der Waals surface area contributed by atoms with Crippen molar-refractivity contribution in [3.63, 3.8) is 0 Å². The zero-order chi connectivity index (χ0) is 14.5. The van der Waals surface area contributed by atoms with E-state index in [1.165, 1.54) is 0 Å². The van der Waals surface area contributed by atoms with Gasteiger partial charge in [0.05, 0.1) is 0 Å². The molecule has 1 rings (SSSR count). The normalized spacial score (nSPS) is 29.5. The molecule has 1 saturated carbocycles. The van der Waals surface area contributed by atoms with E-state index < -0.39 is 11.5 Å². The third kappa shape index (κ3) is 4.40. The monoisotopic (exact) mass is 268 g/mol. The Kier molecular flexibility index (Phi) is 5.20. The van der Waals surface area contributed by atoms with Crippen LogP contribution in [0.15, 0.2) is 5.11 Å². The van der Waals surface area contributed by atoms with Crippen LogP contribution in [-0.4, -0.2) is 29.7 Å². The molecule has 0 spiro atoms. The summed E-state index contributed by atoms with van der Waals surface area (Å²) >= 11 is 0. The lowest BCUT2D eigenvalue weighted by Crippen LogP contribution is -2.58. The van der Waals surface area contributed by atoms with Gasteiger partial charge in [0.2, 0.25) is 0 Å². The lowest BCUT2D eigenvalue weighted by atomic mass is 9.64. The summed E-state index contributed by atoms with van der Waals surface area (Å²) in [5.41, 5.74) is 7.40. The number of hydrogen-bond donors (Lipinski definition) is 2. The molecule has 1 fully saturated rings. The van der Waals surface area contributed by atoms with E-state index in [9.17, 15) is 9.90 Å². The van der Waals surface area contributed by atoms with Crippen LogP contribution in [0, 0.1) is 11.3 Å². The minimum Gasteiger partial charge on any atom is -0.480 e. The zero-order valence-corrected chi connectivity index (χ0v) is 12.0. The molecule has 2 N–H and O–H groups in total. The molecule has 6 nitrogen and oxygen atoms in total. The molecule has 0 heterocycles. The minimum absolute atomic E-state index is 0.0356. The first kappa shape index (κ1) is 15.8. The highest BCUT2D eigenvalue weighted by molar-refractivity contribution is 5.79. The summed E-state index contributed by atoms with van der Waals surface area (Å²) in [7, 11) is 0. The predicted molar refractivity (Wildman–Crippen MR) is 73.8 cm³/mol. The Hall–Kier alpha value is -1.26. The Morgan fingerprint density at radius 1 is 1.53 bits per heavy atom. The summed E-state index contributed by atoms with van der Waals surface area (Å²) < 4.78 is 0. The second-order valence-electron chi connectivity index (χ2n) is 6.48. The van der Waals surface area contributed by atoms with Gasteiger partial charge < -0.3 is 10.4 Å². The fraction of sp³-hybridized carbons (Fsp3) is 0.923. The summed E-state index contributed by atoms with van der Waals surface area (Å²) in [5.74, 6) is -0.375. The standard InChI is InChI=1S/C13H24N4O2/c1-10-7-12(2,3)9-13(8-10,11(18)19)15-5-4-6-16-17-14/h10,15H,4-9H2,1-3H3,(H,18,19). The van der Waals surface area contributed by atoms with Gasteiger partial charge in [-0.15, -0.1) is 0 Å². The highest BCUT2D eigenvalue weighted by Gasteiger charge is 2.47. The maximum atomic E-state index is 11.7. The molecular formula is C13H24N4O2. The molecule has 0 aliphatic heterocycles. The summed E-state index contributed by atoms with van der Waals surface area (Å²) in [6.07, 6.45) is 3.02. The van der Waals surface area contributed by atoms with Gasteiger partial charge in [-0.1, -0.05) is 25.9 Å². The fourth-order valence-electron chi connectivity index (χ4n) is 3.47. The SMILES string of the molecule is CC1CC(C)(C)CC(NCCCN=[N+]=[N-])(C(=O)O)C1. The number of nitrogens with zero attached hydrogens (tertiary/aromatic N) is 3. The molecule has 0 aromatic heterocycles. The number of rotatable bonds is 6. The molecule has 0 aromatic rings. The molecule has 2 unspecified atom stereocenters. The summed E-state index contributed by atoms with van der Waals surface area (Å²) in [5, 5.41) is 16.3. The van der Waals surface area contributed by atoms with Crippen LogP contribution in [0.1, 0.15) is 46.5 Å². The first-order valence-corrected chi connectivity index (χ1v) is 6.81. The first-order chi connectivity index (χ1) is 8.81. The molecule has 6 heteroatoms. The number of carbonyl (C=O) groups is 1. The summed E-state index contributed by atoms with van der Waals surface area (Å²) in [6, 6.07) is 0. The van der Waals surface area contributed by atoms with E-state index in [0.29, 0.717) is 38.3 Å². The van der Waals surface area contributed by atoms with Crippen LogP contribution in [0.25, 0.3) is 10.4 Å². The van der Waals surface area contributed by atoms with Gasteiger partial charge in [0.1, 0.15) is 5.54 Å². The van der Waals surface area contributed by atoms with Gasteiger partial charge in [-0.3, -0.25) is 4.79 Å². The number of carboxylic acids is 1. The van der Waals surface area contributed by atoms with Crippen LogP contribution in [0.5, 0.6) is 0 Å². The Bertz CT molecular complexity index is 377. The van der Waals surface area contributed by atoms with Gasteiger partial charge in [0.25, 0.3) is 0 Å². The quantitative estimate of drug-likeness (QED) is 0.335. The van der Waals surface area contributed by atoms with Crippen molar-refractivity contribution >= 4 is 5.97 Å². The fourth-order valence-corrected chi connectivity index (χ4v) is 3.47. The molecule has 0 aromatic carbocycles. The first-order valence-electron chi connectivity index (χ1n) is 6.81. The van der Waals surface area contributed by atoms with E-state index in [0.717, 1.165) is 6.42 Å². The molecule has 1 aliphatic carbocycles. The number of aliphatic carboxylic acids is 1. The number of nitrogens with one attached hydrogen (secondary N) is 1. The molecule has 0 bridgehead atoms. The number of hydrogen-bond acceptors (Lipinski definition) is 3. The van der Waals surface area contributed by atoms with Gasteiger partial charge in [0.15, 0.2) is 0 Å². The Labute approximate surface area is 114 Å². The lowest BCUT2D eigenvalue weighted by Gasteiger charge is -2.45. The second-order valence-corrected chi connectivity index (χ2v) is 6.48. The molecule has 108 valence electrons. The third-order valence-electron chi connectivity index (χ3n) is 3.75. The smallest absolute Gasteiger partial charge is 0.323 e. The highest BCUT2D eigenvalue weighted by atomic mass is 16.4. The Balaban J connectivity index is 2.68. The molecule has 2 atom stereocenters. The van der Waals surface area contributed by atoms with Gasteiger partial charge in [-0.25, -0.2) is 0 Å². The maximum Gasteiger partial charge on any atom is 0.323 e. The van der Waals surface area contributed by atoms with Crippen molar-refractivity contribution in [3.8, 4) is 0 Å². The highest BCUT2D eigenvalue weighted by Crippen LogP contribution is 2.44. The van der Waals surface area contributed by atoms with E-state index in [2.05, 4.69) is 36.1 Å². The molecule has 0 radical (unpaired) electrons. The van der Waals surface area contributed by atoms with Crippen LogP contribution < -0.4 is 5.32 Å². The predicted octanol–water partition coefficient (Wildman–Crippen LogP) is 2.95. The van der Waals surface area contributed by atoms with Crippen molar-refractivity contribution in [2.75, 3.05) is 13.1 Å². The molecular weight excluding hydrogens is 244 g/mol.